The summed E-state index contributed by atoms with van der Waals surface area (Å²) in [5.74, 6) is 0.867. The van der Waals surface area contributed by atoms with Gasteiger partial charge < -0.3 is 4.74 Å². The minimum absolute atomic E-state index is 0.663. The summed E-state index contributed by atoms with van der Waals surface area (Å²) >= 11 is 3.32. The summed E-state index contributed by atoms with van der Waals surface area (Å²) in [5.41, 5.74) is 2.89. The van der Waals surface area contributed by atoms with Crippen LogP contribution in [0.4, 0.5) is 0 Å². The van der Waals surface area contributed by atoms with Crippen LogP contribution in [-0.2, 0) is 0 Å². The van der Waals surface area contributed by atoms with Crippen LogP contribution in [0.2, 0.25) is 0 Å². The second kappa shape index (κ2) is 6.23. The van der Waals surface area contributed by atoms with Gasteiger partial charge in [-0.3, -0.25) is 0 Å². The molecule has 0 aromatic heterocycles. The number of nitriles is 1. The van der Waals surface area contributed by atoms with Gasteiger partial charge in [0.1, 0.15) is 5.75 Å². The molecule has 2 rings (SSSR count). The van der Waals surface area contributed by atoms with Crippen molar-refractivity contribution in [2.45, 2.75) is 0 Å². The average molecular weight is 302 g/mol. The Labute approximate surface area is 115 Å². The molecule has 0 atom stereocenters. The topological polar surface area (TPSA) is 33.0 Å². The molecule has 0 saturated carbocycles. The fourth-order valence-corrected chi connectivity index (χ4v) is 1.80. The molecule has 2 aromatic rings. The van der Waals surface area contributed by atoms with Gasteiger partial charge >= 0.3 is 0 Å². The zero-order chi connectivity index (χ0) is 12.8. The number of halogens is 1. The fourth-order valence-electron chi connectivity index (χ4n) is 1.64. The van der Waals surface area contributed by atoms with Gasteiger partial charge in [0, 0.05) is 5.33 Å². The Kier molecular flexibility index (Phi) is 4.38. The number of nitrogens with zero attached hydrogens (tertiary/aromatic N) is 1. The van der Waals surface area contributed by atoms with E-state index in [1.165, 1.54) is 0 Å². The highest BCUT2D eigenvalue weighted by atomic mass is 79.9. The third-order valence-electron chi connectivity index (χ3n) is 2.55. The second-order valence-electron chi connectivity index (χ2n) is 3.75. The number of alkyl halides is 1. The third kappa shape index (κ3) is 3.12. The van der Waals surface area contributed by atoms with E-state index in [2.05, 4.69) is 22.0 Å². The Morgan fingerprint density at radius 3 is 2.00 bits per heavy atom. The number of hydrogen-bond acceptors (Lipinski definition) is 2. The normalized spacial score (nSPS) is 9.78. The Morgan fingerprint density at radius 2 is 1.50 bits per heavy atom. The molecule has 0 unspecified atom stereocenters. The summed E-state index contributed by atoms with van der Waals surface area (Å²) in [5, 5.41) is 9.57. The highest BCUT2D eigenvalue weighted by molar-refractivity contribution is 9.09. The van der Waals surface area contributed by atoms with E-state index >= 15 is 0 Å². The molecular weight excluding hydrogens is 290 g/mol. The molecule has 0 spiro atoms. The van der Waals surface area contributed by atoms with Gasteiger partial charge in [0.2, 0.25) is 0 Å². The number of benzene rings is 2. The predicted molar refractivity (Wildman–Crippen MR) is 75.9 cm³/mol. The molecule has 18 heavy (non-hydrogen) atoms. The van der Waals surface area contributed by atoms with E-state index in [-0.39, 0.29) is 0 Å². The Bertz CT molecular complexity index is 540. The van der Waals surface area contributed by atoms with Crippen molar-refractivity contribution in [1.29, 1.82) is 5.26 Å². The lowest BCUT2D eigenvalue weighted by molar-refractivity contribution is 0.345. The molecule has 0 saturated heterocycles. The summed E-state index contributed by atoms with van der Waals surface area (Å²) in [7, 11) is 0. The van der Waals surface area contributed by atoms with Gasteiger partial charge in [-0.15, -0.1) is 0 Å². The third-order valence-corrected chi connectivity index (χ3v) is 2.87. The molecule has 0 fully saturated rings. The molecule has 0 bridgehead atoms. The largest absolute Gasteiger partial charge is 0.493 e. The summed E-state index contributed by atoms with van der Waals surface area (Å²) in [6, 6.07) is 17.6. The maximum absolute atomic E-state index is 8.75. The summed E-state index contributed by atoms with van der Waals surface area (Å²) in [4.78, 5) is 0. The van der Waals surface area contributed by atoms with Crippen molar-refractivity contribution < 1.29 is 4.74 Å². The van der Waals surface area contributed by atoms with Crippen molar-refractivity contribution in [3.8, 4) is 22.9 Å². The molecule has 2 aromatic carbocycles. The highest BCUT2D eigenvalue weighted by Crippen LogP contribution is 2.22. The van der Waals surface area contributed by atoms with Gasteiger partial charge in [-0.1, -0.05) is 40.2 Å². The molecule has 0 aliphatic heterocycles. The molecule has 0 N–H and O–H groups in total. The van der Waals surface area contributed by atoms with E-state index in [1.54, 1.807) is 0 Å². The number of ether oxygens (including phenoxy) is 1. The van der Waals surface area contributed by atoms with E-state index in [4.69, 9.17) is 10.00 Å². The Hall–Kier alpha value is -1.79. The molecule has 0 heterocycles. The lowest BCUT2D eigenvalue weighted by Gasteiger charge is -2.06. The van der Waals surface area contributed by atoms with E-state index in [1.807, 2.05) is 48.5 Å². The highest BCUT2D eigenvalue weighted by Gasteiger charge is 1.99. The van der Waals surface area contributed by atoms with Crippen LogP contribution in [0.3, 0.4) is 0 Å². The molecule has 2 nitrogen and oxygen atoms in total. The lowest BCUT2D eigenvalue weighted by Crippen LogP contribution is -1.97. The summed E-state index contributed by atoms with van der Waals surface area (Å²) in [6.45, 7) is 0.663. The fraction of sp³-hybridized carbons (Fsp3) is 0.133. The van der Waals surface area contributed by atoms with E-state index < -0.39 is 0 Å². The van der Waals surface area contributed by atoms with Gasteiger partial charge in [0.25, 0.3) is 0 Å². The quantitative estimate of drug-likeness (QED) is 0.800. The zero-order valence-electron chi connectivity index (χ0n) is 9.77. The molecule has 0 aliphatic carbocycles. The molecule has 90 valence electrons. The standard InChI is InChI=1S/C15H12BrNO/c16-9-10-18-15-7-5-14(6-8-15)13-3-1-12(11-17)2-4-13/h1-8H,9-10H2. The smallest absolute Gasteiger partial charge is 0.119 e. The minimum Gasteiger partial charge on any atom is -0.493 e. The predicted octanol–water partition coefficient (Wildman–Crippen LogP) is 4.00. The maximum atomic E-state index is 8.75. The van der Waals surface area contributed by atoms with Crippen molar-refractivity contribution in [3.05, 3.63) is 54.1 Å². The average Bonchev–Trinajstić information content (AvgIpc) is 2.46. The lowest BCUT2D eigenvalue weighted by atomic mass is 10.0. The minimum atomic E-state index is 0.663. The second-order valence-corrected chi connectivity index (χ2v) is 4.54. The van der Waals surface area contributed by atoms with Gasteiger partial charge in [0.15, 0.2) is 0 Å². The van der Waals surface area contributed by atoms with Crippen LogP contribution < -0.4 is 4.74 Å². The molecular formula is C15H12BrNO. The first kappa shape index (κ1) is 12.7. The first-order valence-electron chi connectivity index (χ1n) is 5.63. The first-order valence-corrected chi connectivity index (χ1v) is 6.75. The molecule has 0 radical (unpaired) electrons. The first-order chi connectivity index (χ1) is 8.83. The SMILES string of the molecule is N#Cc1ccc(-c2ccc(OCCBr)cc2)cc1. The van der Waals surface area contributed by atoms with Crippen LogP contribution in [0, 0.1) is 11.3 Å². The van der Waals surface area contributed by atoms with Crippen LogP contribution in [0.25, 0.3) is 11.1 Å². The van der Waals surface area contributed by atoms with Crippen molar-refractivity contribution in [3.63, 3.8) is 0 Å². The van der Waals surface area contributed by atoms with Crippen LogP contribution in [0.15, 0.2) is 48.5 Å². The Balaban J connectivity index is 2.15. The van der Waals surface area contributed by atoms with Crippen LogP contribution in [0.1, 0.15) is 5.56 Å². The van der Waals surface area contributed by atoms with Gasteiger partial charge in [-0.25, -0.2) is 0 Å². The molecule has 3 heteroatoms. The van der Waals surface area contributed by atoms with Gasteiger partial charge in [-0.2, -0.15) is 5.26 Å². The summed E-state index contributed by atoms with van der Waals surface area (Å²) < 4.78 is 5.49. The van der Waals surface area contributed by atoms with Crippen molar-refractivity contribution in [2.24, 2.45) is 0 Å². The van der Waals surface area contributed by atoms with Crippen molar-refractivity contribution in [1.82, 2.24) is 0 Å². The van der Waals surface area contributed by atoms with Gasteiger partial charge in [0.05, 0.1) is 18.2 Å². The van der Waals surface area contributed by atoms with Crippen LogP contribution in [-0.4, -0.2) is 11.9 Å². The van der Waals surface area contributed by atoms with Crippen LogP contribution in [0.5, 0.6) is 5.75 Å². The van der Waals surface area contributed by atoms with Gasteiger partial charge in [-0.05, 0) is 35.4 Å². The van der Waals surface area contributed by atoms with E-state index in [9.17, 15) is 0 Å². The molecule has 0 aliphatic rings. The molecule has 0 amide bonds. The van der Waals surface area contributed by atoms with E-state index in [0.29, 0.717) is 12.2 Å². The monoisotopic (exact) mass is 301 g/mol. The number of hydrogen-bond donors (Lipinski definition) is 0. The van der Waals surface area contributed by atoms with Crippen LogP contribution >= 0.6 is 15.9 Å². The Morgan fingerprint density at radius 1 is 0.944 bits per heavy atom. The number of rotatable bonds is 4. The summed E-state index contributed by atoms with van der Waals surface area (Å²) in [6.07, 6.45) is 0. The van der Waals surface area contributed by atoms with Crippen molar-refractivity contribution in [2.75, 3.05) is 11.9 Å². The maximum Gasteiger partial charge on any atom is 0.119 e. The van der Waals surface area contributed by atoms with E-state index in [0.717, 1.165) is 22.2 Å². The zero-order valence-corrected chi connectivity index (χ0v) is 11.4. The van der Waals surface area contributed by atoms with Crippen molar-refractivity contribution >= 4 is 15.9 Å².